The maximum atomic E-state index is 11.0. The third-order valence-electron chi connectivity index (χ3n) is 2.86. The molecule has 92 valence electrons. The molecule has 1 aliphatic heterocycles. The second-order valence-electron chi connectivity index (χ2n) is 4.06. The van der Waals surface area contributed by atoms with Gasteiger partial charge in [-0.3, -0.25) is 4.79 Å². The van der Waals surface area contributed by atoms with Gasteiger partial charge in [0.25, 0.3) is 0 Å². The molecule has 0 bridgehead atoms. The van der Waals surface area contributed by atoms with Crippen LogP contribution in [0.15, 0.2) is 12.4 Å². The largest absolute Gasteiger partial charge is 0.494 e. The van der Waals surface area contributed by atoms with Gasteiger partial charge in [0.15, 0.2) is 5.75 Å². The van der Waals surface area contributed by atoms with Gasteiger partial charge < -0.3 is 20.5 Å². The van der Waals surface area contributed by atoms with Crippen LogP contribution in [0.25, 0.3) is 0 Å². The highest BCUT2D eigenvalue weighted by atomic mass is 16.5. The summed E-state index contributed by atoms with van der Waals surface area (Å²) in [5, 5.41) is 9.01. The van der Waals surface area contributed by atoms with Gasteiger partial charge in [0, 0.05) is 13.1 Å². The van der Waals surface area contributed by atoms with Crippen molar-refractivity contribution in [3.8, 4) is 5.75 Å². The van der Waals surface area contributed by atoms with Crippen molar-refractivity contribution in [2.75, 3.05) is 25.1 Å². The first kappa shape index (κ1) is 11.6. The molecule has 0 radical (unpaired) electrons. The first-order valence-corrected chi connectivity index (χ1v) is 5.18. The quantitative estimate of drug-likeness (QED) is 0.730. The molecule has 0 aliphatic carbocycles. The molecule has 7 heteroatoms. The zero-order valence-corrected chi connectivity index (χ0v) is 9.46. The van der Waals surface area contributed by atoms with Crippen LogP contribution in [0.5, 0.6) is 5.75 Å². The number of hydrogen-bond donors (Lipinski definition) is 2. The number of nitrogens with two attached hydrogens (primary N) is 1. The summed E-state index contributed by atoms with van der Waals surface area (Å²) in [7, 11) is 1.53. The summed E-state index contributed by atoms with van der Waals surface area (Å²) < 4.78 is 4.95. The molecular weight excluding hydrogens is 224 g/mol. The van der Waals surface area contributed by atoms with E-state index in [-0.39, 0.29) is 6.54 Å². The highest BCUT2D eigenvalue weighted by Gasteiger charge is 2.42. The summed E-state index contributed by atoms with van der Waals surface area (Å²) in [6.45, 7) is 0.754. The molecule has 1 aromatic rings. The van der Waals surface area contributed by atoms with E-state index in [1.165, 1.54) is 7.11 Å². The van der Waals surface area contributed by atoms with Crippen molar-refractivity contribution in [1.29, 1.82) is 0 Å². The molecule has 1 unspecified atom stereocenters. The summed E-state index contributed by atoms with van der Waals surface area (Å²) in [4.78, 5) is 20.9. The fourth-order valence-electron chi connectivity index (χ4n) is 1.76. The molecule has 1 atom stereocenters. The topological polar surface area (TPSA) is 102 Å². The van der Waals surface area contributed by atoms with Crippen molar-refractivity contribution in [3.05, 3.63) is 12.4 Å². The van der Waals surface area contributed by atoms with Crippen molar-refractivity contribution < 1.29 is 14.6 Å². The number of nitrogens with zero attached hydrogens (tertiary/aromatic N) is 3. The van der Waals surface area contributed by atoms with Crippen molar-refractivity contribution in [2.24, 2.45) is 5.73 Å². The van der Waals surface area contributed by atoms with Crippen LogP contribution in [0.4, 0.5) is 5.95 Å². The van der Waals surface area contributed by atoms with Gasteiger partial charge in [-0.1, -0.05) is 0 Å². The SMILES string of the molecule is COc1cnc(N2CCC(N)(C(=O)O)C2)nc1. The first-order chi connectivity index (χ1) is 8.05. The smallest absolute Gasteiger partial charge is 0.325 e. The summed E-state index contributed by atoms with van der Waals surface area (Å²) >= 11 is 0. The second-order valence-corrected chi connectivity index (χ2v) is 4.06. The Morgan fingerprint density at radius 3 is 2.71 bits per heavy atom. The number of ether oxygens (including phenoxy) is 1. The molecule has 0 amide bonds. The summed E-state index contributed by atoms with van der Waals surface area (Å²) in [5.74, 6) is 0.0399. The summed E-state index contributed by atoms with van der Waals surface area (Å²) in [6, 6.07) is 0. The Balaban J connectivity index is 2.12. The maximum absolute atomic E-state index is 11.0. The van der Waals surface area contributed by atoms with Crippen LogP contribution in [0.3, 0.4) is 0 Å². The number of aliphatic carboxylic acids is 1. The Morgan fingerprint density at radius 1 is 1.59 bits per heavy atom. The van der Waals surface area contributed by atoms with Crippen LogP contribution in [0.2, 0.25) is 0 Å². The Morgan fingerprint density at radius 2 is 2.24 bits per heavy atom. The van der Waals surface area contributed by atoms with E-state index in [0.29, 0.717) is 24.7 Å². The number of carboxylic acids is 1. The Labute approximate surface area is 98.2 Å². The van der Waals surface area contributed by atoms with E-state index in [2.05, 4.69) is 9.97 Å². The number of aromatic nitrogens is 2. The van der Waals surface area contributed by atoms with Crippen LogP contribution in [0.1, 0.15) is 6.42 Å². The van der Waals surface area contributed by atoms with E-state index < -0.39 is 11.5 Å². The molecular formula is C10H14N4O3. The normalized spacial score (nSPS) is 23.8. The highest BCUT2D eigenvalue weighted by Crippen LogP contribution is 2.23. The third-order valence-corrected chi connectivity index (χ3v) is 2.86. The van der Waals surface area contributed by atoms with E-state index in [9.17, 15) is 4.79 Å². The molecule has 2 heterocycles. The van der Waals surface area contributed by atoms with E-state index in [0.717, 1.165) is 0 Å². The zero-order chi connectivity index (χ0) is 12.5. The molecule has 0 spiro atoms. The number of rotatable bonds is 3. The fraction of sp³-hybridized carbons (Fsp3) is 0.500. The first-order valence-electron chi connectivity index (χ1n) is 5.18. The fourth-order valence-corrected chi connectivity index (χ4v) is 1.76. The van der Waals surface area contributed by atoms with Crippen molar-refractivity contribution in [1.82, 2.24) is 9.97 Å². The van der Waals surface area contributed by atoms with Crippen LogP contribution >= 0.6 is 0 Å². The third kappa shape index (κ3) is 2.14. The molecule has 0 aromatic carbocycles. The van der Waals surface area contributed by atoms with Gasteiger partial charge in [-0.15, -0.1) is 0 Å². The van der Waals surface area contributed by atoms with Gasteiger partial charge in [-0.25, -0.2) is 9.97 Å². The van der Waals surface area contributed by atoms with Gasteiger partial charge >= 0.3 is 5.97 Å². The van der Waals surface area contributed by atoms with Crippen LogP contribution < -0.4 is 15.4 Å². The van der Waals surface area contributed by atoms with E-state index >= 15 is 0 Å². The van der Waals surface area contributed by atoms with Gasteiger partial charge in [0.2, 0.25) is 5.95 Å². The van der Waals surface area contributed by atoms with Crippen molar-refractivity contribution in [3.63, 3.8) is 0 Å². The number of hydrogen-bond acceptors (Lipinski definition) is 6. The van der Waals surface area contributed by atoms with E-state index in [1.54, 1.807) is 17.3 Å². The Hall–Kier alpha value is -1.89. The zero-order valence-electron chi connectivity index (χ0n) is 9.46. The predicted molar refractivity (Wildman–Crippen MR) is 60.0 cm³/mol. The molecule has 7 nitrogen and oxygen atoms in total. The minimum Gasteiger partial charge on any atom is -0.494 e. The molecule has 3 N–H and O–H groups in total. The standard InChI is InChI=1S/C10H14N4O3/c1-17-7-4-12-9(13-5-7)14-3-2-10(11,6-14)8(15)16/h4-5H,2-3,6,11H2,1H3,(H,15,16). The molecule has 0 saturated carbocycles. The molecule has 1 aromatic heterocycles. The van der Waals surface area contributed by atoms with Gasteiger partial charge in [0.1, 0.15) is 5.54 Å². The average molecular weight is 238 g/mol. The summed E-state index contributed by atoms with van der Waals surface area (Å²) in [6.07, 6.45) is 3.47. The number of carbonyl (C=O) groups is 1. The number of anilines is 1. The highest BCUT2D eigenvalue weighted by molar-refractivity contribution is 5.80. The van der Waals surface area contributed by atoms with E-state index in [1.807, 2.05) is 0 Å². The van der Waals surface area contributed by atoms with Crippen molar-refractivity contribution in [2.45, 2.75) is 12.0 Å². The average Bonchev–Trinajstić information content (AvgIpc) is 2.74. The second kappa shape index (κ2) is 4.17. The number of carboxylic acid groups (broad SMARTS) is 1. The summed E-state index contributed by atoms with van der Waals surface area (Å²) in [5.41, 5.74) is 4.56. The lowest BCUT2D eigenvalue weighted by molar-refractivity contribution is -0.142. The molecule has 1 fully saturated rings. The lowest BCUT2D eigenvalue weighted by Gasteiger charge is -2.19. The molecule has 17 heavy (non-hydrogen) atoms. The van der Waals surface area contributed by atoms with Gasteiger partial charge in [-0.05, 0) is 6.42 Å². The van der Waals surface area contributed by atoms with Gasteiger partial charge in [0.05, 0.1) is 19.5 Å². The minimum atomic E-state index is -1.21. The van der Waals surface area contributed by atoms with Gasteiger partial charge in [-0.2, -0.15) is 0 Å². The minimum absolute atomic E-state index is 0.217. The van der Waals surface area contributed by atoms with Crippen LogP contribution in [-0.4, -0.2) is 46.8 Å². The van der Waals surface area contributed by atoms with E-state index in [4.69, 9.17) is 15.6 Å². The lowest BCUT2D eigenvalue weighted by Crippen LogP contribution is -2.50. The lowest BCUT2D eigenvalue weighted by atomic mass is 10.0. The van der Waals surface area contributed by atoms with Crippen LogP contribution in [-0.2, 0) is 4.79 Å². The maximum Gasteiger partial charge on any atom is 0.325 e. The Bertz CT molecular complexity index is 422. The molecule has 1 saturated heterocycles. The van der Waals surface area contributed by atoms with Crippen LogP contribution in [0, 0.1) is 0 Å². The number of methoxy groups -OCH3 is 1. The molecule has 1 aliphatic rings. The molecule has 2 rings (SSSR count). The predicted octanol–water partition coefficient (Wildman–Crippen LogP) is -0.523. The Kier molecular flexibility index (Phi) is 2.84. The van der Waals surface area contributed by atoms with Crippen molar-refractivity contribution >= 4 is 11.9 Å². The monoisotopic (exact) mass is 238 g/mol.